The monoisotopic (exact) mass is 702 g/mol. The maximum atomic E-state index is 10.1. The first-order chi connectivity index (χ1) is 22.5. The molecule has 0 fully saturated rings. The minimum absolute atomic E-state index is 0.718. The minimum Gasteiger partial charge on any atom is -0.172 e. The van der Waals surface area contributed by atoms with Gasteiger partial charge in [0.15, 0.2) is 0 Å². The van der Waals surface area contributed by atoms with Gasteiger partial charge >= 0.3 is 0 Å². The third-order valence-corrected chi connectivity index (χ3v) is 14.5. The summed E-state index contributed by atoms with van der Waals surface area (Å²) in [5.41, 5.74) is 4.96. The number of unbranched alkanes of at least 4 members (excludes halogenated alkanes) is 2. The highest BCUT2D eigenvalue weighted by Crippen LogP contribution is 2.49. The topological polar surface area (TPSA) is 80.3 Å². The van der Waals surface area contributed by atoms with Gasteiger partial charge in [-0.15, -0.1) is 55.1 Å². The average molecular weight is 703 g/mol. The summed E-state index contributed by atoms with van der Waals surface area (Å²) < 4.78 is 16.2. The van der Waals surface area contributed by atoms with Gasteiger partial charge in [-0.1, -0.05) is 84.3 Å². The van der Waals surface area contributed by atoms with Gasteiger partial charge in [0, 0.05) is 43.9 Å². The van der Waals surface area contributed by atoms with Crippen LogP contribution in [0.1, 0.15) is 88.8 Å². The van der Waals surface area contributed by atoms with Crippen molar-refractivity contribution in [2.24, 2.45) is 11.8 Å². The number of nitriles is 1. The van der Waals surface area contributed by atoms with Gasteiger partial charge in [-0.05, 0) is 48.9 Å². The van der Waals surface area contributed by atoms with Crippen molar-refractivity contribution in [1.82, 2.24) is 23.7 Å². The van der Waals surface area contributed by atoms with Gasteiger partial charge in [0.1, 0.15) is 22.1 Å². The SMILES string of the molecule is CCCCC(CC)Cc1cc2sc(-c3c4nsnc4c(-c4cc5sc(CC(CC)CCCC)cc5s4)c4c3nnn4C#N)cc2s1. The number of benzene rings is 1. The summed E-state index contributed by atoms with van der Waals surface area (Å²) in [6.45, 7) is 9.19. The molecule has 6 nitrogen and oxygen atoms in total. The summed E-state index contributed by atoms with van der Waals surface area (Å²) in [4.78, 5) is 5.13. The summed E-state index contributed by atoms with van der Waals surface area (Å²) in [6, 6.07) is 9.32. The van der Waals surface area contributed by atoms with E-state index < -0.39 is 0 Å². The molecular weight excluding hydrogens is 665 g/mol. The summed E-state index contributed by atoms with van der Waals surface area (Å²) in [7, 11) is 0. The fraction of sp³-hybridized carbons (Fsp3) is 0.457. The second-order valence-corrected chi connectivity index (χ2v) is 17.4. The minimum atomic E-state index is 0.718. The molecule has 46 heavy (non-hydrogen) atoms. The molecule has 0 amide bonds. The Bertz CT molecular complexity index is 2100. The van der Waals surface area contributed by atoms with Gasteiger partial charge in [0.25, 0.3) is 0 Å². The van der Waals surface area contributed by atoms with Crippen molar-refractivity contribution in [2.45, 2.75) is 91.9 Å². The number of nitrogens with zero attached hydrogens (tertiary/aromatic N) is 6. The van der Waals surface area contributed by atoms with Crippen LogP contribution in [0.3, 0.4) is 0 Å². The molecule has 2 unspecified atom stereocenters. The Morgan fingerprint density at radius 1 is 0.696 bits per heavy atom. The highest BCUT2D eigenvalue weighted by molar-refractivity contribution is 7.30. The van der Waals surface area contributed by atoms with Crippen LogP contribution < -0.4 is 0 Å². The third kappa shape index (κ3) is 5.92. The van der Waals surface area contributed by atoms with E-state index in [0.717, 1.165) is 67.6 Å². The summed E-state index contributed by atoms with van der Waals surface area (Å²) in [5.74, 6) is 1.49. The molecule has 11 heteroatoms. The molecular formula is C35H38N6S5. The zero-order valence-electron chi connectivity index (χ0n) is 26.8. The van der Waals surface area contributed by atoms with Crippen LogP contribution in [0.15, 0.2) is 24.3 Å². The van der Waals surface area contributed by atoms with Crippen molar-refractivity contribution < 1.29 is 0 Å². The van der Waals surface area contributed by atoms with E-state index in [1.165, 1.54) is 96.3 Å². The lowest BCUT2D eigenvalue weighted by molar-refractivity contribution is 0.452. The molecule has 0 aliphatic heterocycles. The zero-order chi connectivity index (χ0) is 31.8. The molecule has 0 spiro atoms. The van der Waals surface area contributed by atoms with E-state index in [-0.39, 0.29) is 0 Å². The van der Waals surface area contributed by atoms with Crippen molar-refractivity contribution >= 4 is 97.9 Å². The van der Waals surface area contributed by atoms with Crippen LogP contribution in [0.5, 0.6) is 0 Å². The highest BCUT2D eigenvalue weighted by Gasteiger charge is 2.27. The van der Waals surface area contributed by atoms with E-state index in [4.69, 9.17) is 8.75 Å². The Balaban J connectivity index is 1.28. The first-order valence-corrected chi connectivity index (χ1v) is 20.5. The van der Waals surface area contributed by atoms with E-state index in [2.05, 4.69) is 68.5 Å². The molecule has 0 aliphatic carbocycles. The molecule has 1 aromatic carbocycles. The molecule has 0 N–H and O–H groups in total. The highest BCUT2D eigenvalue weighted by atomic mass is 32.1. The van der Waals surface area contributed by atoms with Gasteiger partial charge in [-0.25, -0.2) is 0 Å². The molecule has 7 aromatic rings. The van der Waals surface area contributed by atoms with Gasteiger partial charge in [0.05, 0.1) is 17.3 Å². The van der Waals surface area contributed by atoms with Crippen molar-refractivity contribution in [1.29, 1.82) is 5.26 Å². The van der Waals surface area contributed by atoms with E-state index in [9.17, 15) is 5.26 Å². The van der Waals surface area contributed by atoms with Crippen molar-refractivity contribution in [3.63, 3.8) is 0 Å². The normalized spacial score (nSPS) is 13.5. The fourth-order valence-corrected chi connectivity index (χ4v) is 12.4. The number of hydrogen-bond donors (Lipinski definition) is 0. The molecule has 0 bridgehead atoms. The van der Waals surface area contributed by atoms with Crippen LogP contribution in [0, 0.1) is 23.3 Å². The Labute approximate surface area is 290 Å². The van der Waals surface area contributed by atoms with Crippen molar-refractivity contribution in [3.05, 3.63) is 34.0 Å². The molecule has 0 saturated heterocycles. The Morgan fingerprint density at radius 2 is 1.22 bits per heavy atom. The van der Waals surface area contributed by atoms with Crippen LogP contribution in [0.4, 0.5) is 0 Å². The Hall–Kier alpha value is -2.75. The fourth-order valence-electron chi connectivity index (χ4n) is 6.63. The van der Waals surface area contributed by atoms with Crippen molar-refractivity contribution in [2.75, 3.05) is 0 Å². The summed E-state index contributed by atoms with van der Waals surface area (Å²) in [5, 5.41) is 19.0. The molecule has 0 radical (unpaired) electrons. The molecule has 7 rings (SSSR count). The quantitative estimate of drug-likeness (QED) is 0.113. The largest absolute Gasteiger partial charge is 0.208 e. The van der Waals surface area contributed by atoms with Gasteiger partial charge in [0.2, 0.25) is 6.19 Å². The maximum Gasteiger partial charge on any atom is 0.208 e. The first-order valence-electron chi connectivity index (χ1n) is 16.5. The number of hydrogen-bond acceptors (Lipinski definition) is 10. The molecule has 2 atom stereocenters. The Morgan fingerprint density at radius 3 is 1.72 bits per heavy atom. The molecule has 0 saturated carbocycles. The van der Waals surface area contributed by atoms with E-state index in [1.807, 2.05) is 22.7 Å². The van der Waals surface area contributed by atoms with Gasteiger partial charge in [-0.3, -0.25) is 0 Å². The lowest BCUT2D eigenvalue weighted by atomic mass is 9.95. The molecule has 6 aromatic heterocycles. The second kappa shape index (κ2) is 13.8. The third-order valence-electron chi connectivity index (χ3n) is 9.28. The van der Waals surface area contributed by atoms with Crippen LogP contribution >= 0.6 is 57.1 Å². The van der Waals surface area contributed by atoms with E-state index >= 15 is 0 Å². The summed E-state index contributed by atoms with van der Waals surface area (Å²) >= 11 is 8.60. The van der Waals surface area contributed by atoms with Crippen LogP contribution in [0.2, 0.25) is 0 Å². The van der Waals surface area contributed by atoms with Crippen LogP contribution in [0.25, 0.3) is 61.7 Å². The predicted molar refractivity (Wildman–Crippen MR) is 201 cm³/mol. The lowest BCUT2D eigenvalue weighted by Gasteiger charge is -2.12. The number of fused-ring (bicyclic) bond motifs is 4. The van der Waals surface area contributed by atoms with E-state index in [0.29, 0.717) is 0 Å². The number of thiophene rings is 4. The predicted octanol–water partition coefficient (Wildman–Crippen LogP) is 12.2. The Kier molecular flexibility index (Phi) is 9.53. The van der Waals surface area contributed by atoms with Crippen molar-refractivity contribution in [3.8, 4) is 27.1 Å². The molecule has 6 heterocycles. The van der Waals surface area contributed by atoms with Crippen LogP contribution in [-0.4, -0.2) is 23.7 Å². The van der Waals surface area contributed by atoms with E-state index in [1.54, 1.807) is 22.7 Å². The molecule has 0 aliphatic rings. The smallest absolute Gasteiger partial charge is 0.172 e. The summed E-state index contributed by atoms with van der Waals surface area (Å²) in [6.07, 6.45) is 14.7. The van der Waals surface area contributed by atoms with Crippen LogP contribution in [-0.2, 0) is 12.8 Å². The number of rotatable bonds is 14. The maximum absolute atomic E-state index is 10.1. The molecule has 238 valence electrons. The zero-order valence-corrected chi connectivity index (χ0v) is 30.8. The van der Waals surface area contributed by atoms with Gasteiger partial charge < -0.3 is 0 Å². The lowest BCUT2D eigenvalue weighted by Crippen LogP contribution is -2.01. The number of aromatic nitrogens is 5. The average Bonchev–Trinajstić information content (AvgIpc) is 3.90. The second-order valence-electron chi connectivity index (χ2n) is 12.4. The standard InChI is InChI=1S/C35H38N6S5/c1-5-9-11-20(7-3)13-22-15-24-26(42-22)17-28(44-24)30-32-33(39-46-38-32)31(35-34(30)37-40-41(35)19-36)29-18-27-25(45-29)16-23(43-27)14-21(8-4)12-10-6-2/h15-18,20-21H,5-14H2,1-4H3. The van der Waals surface area contributed by atoms with Gasteiger partial charge in [-0.2, -0.15) is 14.0 Å². The first kappa shape index (κ1) is 31.8.